The smallest absolute Gasteiger partial charge is 0.0562 e. The Morgan fingerprint density at radius 2 is 0.738 bits per heavy atom. The fraction of sp³-hybridized carbons (Fsp3) is 0. The van der Waals surface area contributed by atoms with Crippen molar-refractivity contribution in [2.24, 2.45) is 0 Å². The zero-order chi connectivity index (χ0) is 42.8. The second kappa shape index (κ2) is 15.0. The molecule has 0 fully saturated rings. The maximum atomic E-state index is 2.46. The lowest BCUT2D eigenvalue weighted by Gasteiger charge is -2.26. The molecule has 2 aromatic heterocycles. The molecule has 65 heavy (non-hydrogen) atoms. The number of benzene rings is 11. The number of fused-ring (bicyclic) bond motifs is 9. The molecule has 0 amide bonds. The van der Waals surface area contributed by atoms with Crippen LogP contribution in [0.25, 0.3) is 98.8 Å². The number of anilines is 3. The van der Waals surface area contributed by atoms with Crippen molar-refractivity contribution in [3.05, 3.63) is 249 Å². The topological polar surface area (TPSA) is 13.1 Å². The van der Waals surface area contributed by atoms with Crippen LogP contribution in [-0.2, 0) is 0 Å². The van der Waals surface area contributed by atoms with E-state index in [1.54, 1.807) is 0 Å². The number of nitrogens with zero attached hydrogens (tertiary/aromatic N) is 3. The number of hydrogen-bond donors (Lipinski definition) is 0. The fourth-order valence-electron chi connectivity index (χ4n) is 10.2. The Labute approximate surface area is 376 Å². The monoisotopic (exact) mass is 827 g/mol. The minimum Gasteiger partial charge on any atom is -0.311 e. The van der Waals surface area contributed by atoms with Crippen LogP contribution >= 0.6 is 0 Å². The number of para-hydroxylation sites is 2. The van der Waals surface area contributed by atoms with Crippen molar-refractivity contribution in [1.29, 1.82) is 0 Å². The lowest BCUT2D eigenvalue weighted by atomic mass is 10.0. The Morgan fingerprint density at radius 1 is 0.246 bits per heavy atom. The summed E-state index contributed by atoms with van der Waals surface area (Å²) in [6, 6.07) is 90.7. The van der Waals surface area contributed by atoms with Crippen molar-refractivity contribution in [3.8, 4) is 33.6 Å². The zero-order valence-corrected chi connectivity index (χ0v) is 35.5. The third-order valence-corrected chi connectivity index (χ3v) is 13.3. The molecule has 2 heterocycles. The predicted molar refractivity (Wildman–Crippen MR) is 276 cm³/mol. The highest BCUT2D eigenvalue weighted by molar-refractivity contribution is 6.25. The first kappa shape index (κ1) is 36.9. The Bertz CT molecular complexity index is 3900. The Balaban J connectivity index is 0.980. The molecule has 0 atom stereocenters. The van der Waals surface area contributed by atoms with E-state index in [4.69, 9.17) is 0 Å². The summed E-state index contributed by atoms with van der Waals surface area (Å²) in [5.41, 5.74) is 15.1. The molecule has 0 bridgehead atoms. The summed E-state index contributed by atoms with van der Waals surface area (Å²) in [5, 5.41) is 10.0. The molecule has 13 aromatic rings. The van der Waals surface area contributed by atoms with Crippen molar-refractivity contribution < 1.29 is 0 Å². The molecule has 11 aromatic carbocycles. The van der Waals surface area contributed by atoms with E-state index in [0.717, 1.165) is 28.4 Å². The van der Waals surface area contributed by atoms with E-state index >= 15 is 0 Å². The molecule has 3 nitrogen and oxygen atoms in total. The van der Waals surface area contributed by atoms with Crippen LogP contribution < -0.4 is 4.90 Å². The Morgan fingerprint density at radius 3 is 1.46 bits per heavy atom. The molecule has 0 N–H and O–H groups in total. The van der Waals surface area contributed by atoms with Crippen LogP contribution in [0.2, 0.25) is 0 Å². The third-order valence-electron chi connectivity index (χ3n) is 13.3. The molecule has 0 aliphatic rings. The molecule has 0 spiro atoms. The van der Waals surface area contributed by atoms with E-state index < -0.39 is 0 Å². The molecule has 0 unspecified atom stereocenters. The van der Waals surface area contributed by atoms with Gasteiger partial charge >= 0.3 is 0 Å². The third kappa shape index (κ3) is 6.12. The molecule has 0 saturated heterocycles. The van der Waals surface area contributed by atoms with Crippen molar-refractivity contribution in [2.45, 2.75) is 0 Å². The van der Waals surface area contributed by atoms with E-state index in [1.807, 2.05) is 0 Å². The summed E-state index contributed by atoms with van der Waals surface area (Å²) in [4.78, 5) is 2.37. The van der Waals surface area contributed by atoms with Crippen LogP contribution in [0.15, 0.2) is 249 Å². The second-order valence-electron chi connectivity index (χ2n) is 17.0. The largest absolute Gasteiger partial charge is 0.311 e. The SMILES string of the molecule is c1ccc(-c2ccc(N(c3ccc(-c4ccc5ccccc5c4)cc3)c3ccc(-n4c5cc6c(cc5c5c7ccccc7ccc54)c4ccccc4n6-c4ccccc4)cc3)cc2)cc1. The summed E-state index contributed by atoms with van der Waals surface area (Å²) in [6.45, 7) is 0. The molecular formula is C62H41N3. The van der Waals surface area contributed by atoms with Crippen molar-refractivity contribution in [3.63, 3.8) is 0 Å². The first-order valence-electron chi connectivity index (χ1n) is 22.3. The van der Waals surface area contributed by atoms with Gasteiger partial charge in [0.2, 0.25) is 0 Å². The minimum absolute atomic E-state index is 1.08. The summed E-state index contributed by atoms with van der Waals surface area (Å²) < 4.78 is 4.88. The van der Waals surface area contributed by atoms with Gasteiger partial charge in [0.05, 0.1) is 22.1 Å². The average Bonchev–Trinajstić information content (AvgIpc) is 3.89. The van der Waals surface area contributed by atoms with E-state index in [9.17, 15) is 0 Å². The van der Waals surface area contributed by atoms with Gasteiger partial charge in [0.15, 0.2) is 0 Å². The number of hydrogen-bond acceptors (Lipinski definition) is 1. The quantitative estimate of drug-likeness (QED) is 0.156. The molecule has 0 saturated carbocycles. The van der Waals surface area contributed by atoms with E-state index in [2.05, 4.69) is 263 Å². The standard InChI is InChI=1S/C62H41N3/c1-3-13-42(14-4-1)44-25-30-50(31-26-44)63(51-32-27-45(28-33-51)48-24-23-43-15-7-8-17-47(43)39-48)52-34-36-53(37-35-52)65-59-38-29-46-16-9-10-20-54(46)62(59)57-40-56-55-21-11-12-22-58(55)64(60(56)41-61(57)65)49-18-5-2-6-19-49/h1-41H. The highest BCUT2D eigenvalue weighted by atomic mass is 15.1. The van der Waals surface area contributed by atoms with Gasteiger partial charge in [-0.2, -0.15) is 0 Å². The van der Waals surface area contributed by atoms with Gasteiger partial charge in [0, 0.05) is 50.0 Å². The van der Waals surface area contributed by atoms with Crippen LogP contribution in [0.1, 0.15) is 0 Å². The molecule has 0 radical (unpaired) electrons. The normalized spacial score (nSPS) is 11.7. The average molecular weight is 828 g/mol. The molecule has 3 heteroatoms. The Hall–Kier alpha value is -8.66. The van der Waals surface area contributed by atoms with Gasteiger partial charge < -0.3 is 14.0 Å². The van der Waals surface area contributed by atoms with Crippen LogP contribution in [0.3, 0.4) is 0 Å². The summed E-state index contributed by atoms with van der Waals surface area (Å²) >= 11 is 0. The number of rotatable bonds is 7. The highest BCUT2D eigenvalue weighted by Gasteiger charge is 2.21. The van der Waals surface area contributed by atoms with Gasteiger partial charge in [-0.15, -0.1) is 0 Å². The van der Waals surface area contributed by atoms with E-state index in [0.29, 0.717) is 0 Å². The van der Waals surface area contributed by atoms with Crippen molar-refractivity contribution in [2.75, 3.05) is 4.90 Å². The maximum absolute atomic E-state index is 2.46. The number of aromatic nitrogens is 2. The molecule has 13 rings (SSSR count). The highest BCUT2D eigenvalue weighted by Crippen LogP contribution is 2.43. The fourth-order valence-corrected chi connectivity index (χ4v) is 10.2. The van der Waals surface area contributed by atoms with Gasteiger partial charge in [-0.25, -0.2) is 0 Å². The summed E-state index contributed by atoms with van der Waals surface area (Å²) in [5.74, 6) is 0. The lowest BCUT2D eigenvalue weighted by molar-refractivity contribution is 1.16. The molecule has 304 valence electrons. The van der Waals surface area contributed by atoms with Crippen molar-refractivity contribution >= 4 is 82.2 Å². The maximum Gasteiger partial charge on any atom is 0.0562 e. The zero-order valence-electron chi connectivity index (χ0n) is 35.5. The van der Waals surface area contributed by atoms with E-state index in [1.165, 1.54) is 87.4 Å². The molecular weight excluding hydrogens is 787 g/mol. The lowest BCUT2D eigenvalue weighted by Crippen LogP contribution is -2.10. The first-order chi connectivity index (χ1) is 32.2. The summed E-state index contributed by atoms with van der Waals surface area (Å²) in [7, 11) is 0. The van der Waals surface area contributed by atoms with Gasteiger partial charge in [-0.05, 0) is 135 Å². The van der Waals surface area contributed by atoms with Crippen LogP contribution in [-0.4, -0.2) is 9.13 Å². The van der Waals surface area contributed by atoms with Crippen molar-refractivity contribution in [1.82, 2.24) is 9.13 Å². The van der Waals surface area contributed by atoms with Gasteiger partial charge in [-0.3, -0.25) is 0 Å². The first-order valence-corrected chi connectivity index (χ1v) is 22.3. The molecule has 0 aliphatic carbocycles. The second-order valence-corrected chi connectivity index (χ2v) is 17.0. The molecule has 0 aliphatic heterocycles. The Kier molecular flexibility index (Phi) is 8.53. The van der Waals surface area contributed by atoms with Crippen LogP contribution in [0, 0.1) is 0 Å². The van der Waals surface area contributed by atoms with Gasteiger partial charge in [0.25, 0.3) is 0 Å². The summed E-state index contributed by atoms with van der Waals surface area (Å²) in [6.07, 6.45) is 0. The van der Waals surface area contributed by atoms with Gasteiger partial charge in [0.1, 0.15) is 0 Å². The van der Waals surface area contributed by atoms with Gasteiger partial charge in [-0.1, -0.05) is 158 Å². The van der Waals surface area contributed by atoms with Crippen LogP contribution in [0.4, 0.5) is 17.1 Å². The minimum atomic E-state index is 1.08. The predicted octanol–water partition coefficient (Wildman–Crippen LogP) is 17.0. The van der Waals surface area contributed by atoms with Crippen LogP contribution in [0.5, 0.6) is 0 Å². The van der Waals surface area contributed by atoms with E-state index in [-0.39, 0.29) is 0 Å².